The van der Waals surface area contributed by atoms with Crippen LogP contribution in [-0.2, 0) is 24.6 Å². The van der Waals surface area contributed by atoms with E-state index in [-0.39, 0.29) is 28.9 Å². The standard InChI is InChI=1S/C15H23NO6S2/c1-12-9-14(3-4-15(12)22-7-6-21-2)24(19,20)16-10-13-5-8-23(17,18)11-13/h3-4,9,13,16H,5-8,10-11H2,1-2H3. The molecule has 1 aromatic rings. The molecule has 2 rings (SSSR count). The van der Waals surface area contributed by atoms with Crippen LogP contribution in [0.1, 0.15) is 12.0 Å². The number of sulfonamides is 1. The fourth-order valence-corrected chi connectivity index (χ4v) is 5.59. The van der Waals surface area contributed by atoms with E-state index in [1.807, 2.05) is 0 Å². The summed E-state index contributed by atoms with van der Waals surface area (Å²) in [5, 5.41) is 0. The zero-order valence-electron chi connectivity index (χ0n) is 13.8. The topological polar surface area (TPSA) is 98.8 Å². The number of methoxy groups -OCH3 is 1. The smallest absolute Gasteiger partial charge is 0.240 e. The van der Waals surface area contributed by atoms with E-state index in [0.29, 0.717) is 30.9 Å². The Kier molecular flexibility index (Phi) is 6.24. The van der Waals surface area contributed by atoms with Gasteiger partial charge < -0.3 is 9.47 Å². The van der Waals surface area contributed by atoms with Crippen LogP contribution in [0.2, 0.25) is 0 Å². The van der Waals surface area contributed by atoms with E-state index in [1.165, 1.54) is 12.1 Å². The van der Waals surface area contributed by atoms with Gasteiger partial charge in [-0.15, -0.1) is 0 Å². The van der Waals surface area contributed by atoms with Crippen LogP contribution in [0.4, 0.5) is 0 Å². The molecule has 0 radical (unpaired) electrons. The summed E-state index contributed by atoms with van der Waals surface area (Å²) in [6.45, 7) is 2.74. The predicted octanol–water partition coefficient (Wildman–Crippen LogP) is 0.733. The summed E-state index contributed by atoms with van der Waals surface area (Å²) >= 11 is 0. The van der Waals surface area contributed by atoms with Gasteiger partial charge in [-0.25, -0.2) is 21.6 Å². The van der Waals surface area contributed by atoms with Crippen LogP contribution in [0, 0.1) is 12.8 Å². The van der Waals surface area contributed by atoms with Crippen molar-refractivity contribution in [2.75, 3.05) is 38.4 Å². The molecule has 1 fully saturated rings. The molecule has 0 aromatic heterocycles. The SMILES string of the molecule is COCCOc1ccc(S(=O)(=O)NCC2CCS(=O)(=O)C2)cc1C. The Balaban J connectivity index is 2.00. The maximum absolute atomic E-state index is 12.4. The van der Waals surface area contributed by atoms with Crippen LogP contribution in [0.15, 0.2) is 23.1 Å². The van der Waals surface area contributed by atoms with E-state index < -0.39 is 19.9 Å². The van der Waals surface area contributed by atoms with Gasteiger partial charge in [-0.1, -0.05) is 0 Å². The molecule has 0 saturated carbocycles. The van der Waals surface area contributed by atoms with Gasteiger partial charge in [0.15, 0.2) is 9.84 Å². The first-order chi connectivity index (χ1) is 11.2. The molecule has 1 aliphatic rings. The van der Waals surface area contributed by atoms with Crippen molar-refractivity contribution in [3.8, 4) is 5.75 Å². The van der Waals surface area contributed by atoms with E-state index in [2.05, 4.69) is 4.72 Å². The highest BCUT2D eigenvalue weighted by atomic mass is 32.2. The molecular formula is C15H23NO6S2. The van der Waals surface area contributed by atoms with Crippen molar-refractivity contribution in [2.24, 2.45) is 5.92 Å². The highest BCUT2D eigenvalue weighted by Gasteiger charge is 2.29. The van der Waals surface area contributed by atoms with E-state index >= 15 is 0 Å². The number of aryl methyl sites for hydroxylation is 1. The van der Waals surface area contributed by atoms with E-state index in [9.17, 15) is 16.8 Å². The normalized spacial score (nSPS) is 20.2. The zero-order valence-corrected chi connectivity index (χ0v) is 15.5. The summed E-state index contributed by atoms with van der Waals surface area (Å²) in [6.07, 6.45) is 0.496. The molecule has 0 bridgehead atoms. The van der Waals surface area contributed by atoms with Crippen molar-refractivity contribution in [3.05, 3.63) is 23.8 Å². The Hall–Kier alpha value is -1.16. The Bertz CT molecular complexity index is 773. The van der Waals surface area contributed by atoms with Gasteiger partial charge >= 0.3 is 0 Å². The van der Waals surface area contributed by atoms with Gasteiger partial charge in [0, 0.05) is 13.7 Å². The Morgan fingerprint density at radius 1 is 1.29 bits per heavy atom. The third-order valence-corrected chi connectivity index (χ3v) is 7.15. The summed E-state index contributed by atoms with van der Waals surface area (Å²) in [6, 6.07) is 4.62. The number of hydrogen-bond acceptors (Lipinski definition) is 6. The fraction of sp³-hybridized carbons (Fsp3) is 0.600. The minimum absolute atomic E-state index is 0.0425. The second-order valence-corrected chi connectivity index (χ2v) is 9.89. The molecule has 1 aliphatic heterocycles. The molecule has 9 heteroatoms. The second kappa shape index (κ2) is 7.81. The Morgan fingerprint density at radius 3 is 2.62 bits per heavy atom. The van der Waals surface area contributed by atoms with E-state index in [1.54, 1.807) is 20.1 Å². The van der Waals surface area contributed by atoms with Crippen molar-refractivity contribution in [1.29, 1.82) is 0 Å². The fourth-order valence-electron chi connectivity index (χ4n) is 2.53. The molecule has 1 heterocycles. The number of sulfone groups is 1. The summed E-state index contributed by atoms with van der Waals surface area (Å²) in [5.41, 5.74) is 0.706. The van der Waals surface area contributed by atoms with Crippen molar-refractivity contribution in [2.45, 2.75) is 18.2 Å². The lowest BCUT2D eigenvalue weighted by molar-refractivity contribution is 0.146. The van der Waals surface area contributed by atoms with Gasteiger partial charge in [0.2, 0.25) is 10.0 Å². The van der Waals surface area contributed by atoms with Crippen LogP contribution >= 0.6 is 0 Å². The molecule has 1 aromatic carbocycles. The van der Waals surface area contributed by atoms with Crippen molar-refractivity contribution in [3.63, 3.8) is 0 Å². The van der Waals surface area contributed by atoms with Gasteiger partial charge in [0.25, 0.3) is 0 Å². The quantitative estimate of drug-likeness (QED) is 0.671. The minimum Gasteiger partial charge on any atom is -0.491 e. The average Bonchev–Trinajstić information content (AvgIpc) is 2.86. The summed E-state index contributed by atoms with van der Waals surface area (Å²) in [7, 11) is -5.11. The first kappa shape index (κ1) is 19.2. The molecule has 24 heavy (non-hydrogen) atoms. The Morgan fingerprint density at radius 2 is 2.04 bits per heavy atom. The molecule has 0 spiro atoms. The predicted molar refractivity (Wildman–Crippen MR) is 90.5 cm³/mol. The van der Waals surface area contributed by atoms with Crippen LogP contribution in [0.25, 0.3) is 0 Å². The molecule has 1 unspecified atom stereocenters. The number of hydrogen-bond donors (Lipinski definition) is 1. The highest BCUT2D eigenvalue weighted by molar-refractivity contribution is 7.91. The largest absolute Gasteiger partial charge is 0.491 e. The van der Waals surface area contributed by atoms with Gasteiger partial charge in [0.05, 0.1) is 23.0 Å². The zero-order chi connectivity index (χ0) is 17.8. The first-order valence-corrected chi connectivity index (χ1v) is 11.0. The van der Waals surface area contributed by atoms with E-state index in [4.69, 9.17) is 9.47 Å². The molecule has 1 atom stereocenters. The third-order valence-electron chi connectivity index (χ3n) is 3.89. The molecule has 0 aliphatic carbocycles. The van der Waals surface area contributed by atoms with Crippen LogP contribution in [-0.4, -0.2) is 55.2 Å². The molecule has 7 nitrogen and oxygen atoms in total. The van der Waals surface area contributed by atoms with Gasteiger partial charge in [0.1, 0.15) is 12.4 Å². The molecule has 0 amide bonds. The molecule has 1 N–H and O–H groups in total. The lowest BCUT2D eigenvalue weighted by Crippen LogP contribution is -2.30. The van der Waals surface area contributed by atoms with Crippen LogP contribution in [0.3, 0.4) is 0 Å². The lowest BCUT2D eigenvalue weighted by Gasteiger charge is -2.13. The monoisotopic (exact) mass is 377 g/mol. The first-order valence-electron chi connectivity index (χ1n) is 7.66. The maximum Gasteiger partial charge on any atom is 0.240 e. The van der Waals surface area contributed by atoms with Gasteiger partial charge in [-0.2, -0.15) is 0 Å². The Labute approximate surface area is 143 Å². The second-order valence-electron chi connectivity index (χ2n) is 5.89. The number of ether oxygens (including phenoxy) is 2. The highest BCUT2D eigenvalue weighted by Crippen LogP contribution is 2.23. The molecule has 136 valence electrons. The minimum atomic E-state index is -3.67. The average molecular weight is 377 g/mol. The summed E-state index contributed by atoms with van der Waals surface area (Å²) in [4.78, 5) is 0.139. The van der Waals surface area contributed by atoms with E-state index in [0.717, 1.165) is 0 Å². The lowest BCUT2D eigenvalue weighted by atomic mass is 10.1. The molecular weight excluding hydrogens is 354 g/mol. The summed E-state index contributed by atoms with van der Waals surface area (Å²) in [5.74, 6) is 0.614. The van der Waals surface area contributed by atoms with Crippen LogP contribution < -0.4 is 9.46 Å². The third kappa shape index (κ3) is 5.17. The maximum atomic E-state index is 12.4. The van der Waals surface area contributed by atoms with Crippen molar-refractivity contribution in [1.82, 2.24) is 4.72 Å². The van der Waals surface area contributed by atoms with Gasteiger partial charge in [-0.3, -0.25) is 0 Å². The number of benzene rings is 1. The van der Waals surface area contributed by atoms with Crippen molar-refractivity contribution >= 4 is 19.9 Å². The number of nitrogens with one attached hydrogen (secondary N) is 1. The molecule has 1 saturated heterocycles. The van der Waals surface area contributed by atoms with Crippen LogP contribution in [0.5, 0.6) is 5.75 Å². The van der Waals surface area contributed by atoms with Crippen molar-refractivity contribution < 1.29 is 26.3 Å². The summed E-state index contributed by atoms with van der Waals surface area (Å²) < 4.78 is 60.5. The van der Waals surface area contributed by atoms with Gasteiger partial charge in [-0.05, 0) is 43.0 Å². The number of rotatable bonds is 8.